The van der Waals surface area contributed by atoms with Crippen molar-refractivity contribution < 1.29 is 9.59 Å². The maximum atomic E-state index is 12.8. The smallest absolute Gasteiger partial charge is 0.293 e. The molecule has 8 nitrogen and oxygen atoms in total. The number of carbonyl (C=O) groups is 2. The van der Waals surface area contributed by atoms with E-state index in [4.69, 9.17) is 11.6 Å². The Balaban J connectivity index is 1.35. The number of nitrogens with zero attached hydrogens (tertiary/aromatic N) is 5. The van der Waals surface area contributed by atoms with Crippen LogP contribution in [-0.4, -0.2) is 75.1 Å². The standard InChI is InChI=1S/C19H23ClN6O2/c1-13-21-18(23-26(13)16-6-2-14(20)3-7-16)19(28)25-10-8-24(9-11-25)12-17(27)22-15-4-5-15/h2-3,6-7,15H,4-5,8-12H2,1H3,(H,22,27). The van der Waals surface area contributed by atoms with E-state index in [1.807, 2.05) is 19.1 Å². The molecule has 9 heteroatoms. The summed E-state index contributed by atoms with van der Waals surface area (Å²) in [7, 11) is 0. The Kier molecular flexibility index (Phi) is 5.32. The van der Waals surface area contributed by atoms with Crippen molar-refractivity contribution in [1.82, 2.24) is 29.9 Å². The van der Waals surface area contributed by atoms with E-state index in [1.54, 1.807) is 21.7 Å². The van der Waals surface area contributed by atoms with E-state index in [0.29, 0.717) is 49.6 Å². The lowest BCUT2D eigenvalue weighted by molar-refractivity contribution is -0.122. The summed E-state index contributed by atoms with van der Waals surface area (Å²) < 4.78 is 1.64. The van der Waals surface area contributed by atoms with Crippen LogP contribution < -0.4 is 5.32 Å². The summed E-state index contributed by atoms with van der Waals surface area (Å²) in [5.74, 6) is 0.715. The van der Waals surface area contributed by atoms with Gasteiger partial charge in [0.25, 0.3) is 5.91 Å². The van der Waals surface area contributed by atoms with Crippen molar-refractivity contribution in [1.29, 1.82) is 0 Å². The van der Waals surface area contributed by atoms with Crippen LogP contribution in [0, 0.1) is 6.92 Å². The Bertz CT molecular complexity index is 869. The molecule has 2 fully saturated rings. The number of aromatic nitrogens is 3. The van der Waals surface area contributed by atoms with Gasteiger partial charge in [-0.15, -0.1) is 5.10 Å². The summed E-state index contributed by atoms with van der Waals surface area (Å²) in [6, 6.07) is 7.60. The average molecular weight is 403 g/mol. The van der Waals surface area contributed by atoms with Crippen molar-refractivity contribution in [3.8, 4) is 5.69 Å². The number of nitrogens with one attached hydrogen (secondary N) is 1. The highest BCUT2D eigenvalue weighted by atomic mass is 35.5. The van der Waals surface area contributed by atoms with Crippen LogP contribution in [0.2, 0.25) is 5.02 Å². The predicted octanol–water partition coefficient (Wildman–Crippen LogP) is 1.27. The lowest BCUT2D eigenvalue weighted by Crippen LogP contribution is -2.51. The molecule has 4 rings (SSSR count). The van der Waals surface area contributed by atoms with Gasteiger partial charge in [-0.1, -0.05) is 11.6 Å². The van der Waals surface area contributed by atoms with Crippen LogP contribution in [0.25, 0.3) is 5.69 Å². The second-order valence-corrected chi connectivity index (χ2v) is 7.72. The second kappa shape index (κ2) is 7.89. The first-order valence-electron chi connectivity index (χ1n) is 9.50. The van der Waals surface area contributed by atoms with E-state index in [-0.39, 0.29) is 17.6 Å². The molecule has 1 N–H and O–H groups in total. The molecule has 0 atom stereocenters. The van der Waals surface area contributed by atoms with Crippen LogP contribution in [0.15, 0.2) is 24.3 Å². The number of hydrogen-bond acceptors (Lipinski definition) is 5. The van der Waals surface area contributed by atoms with Crippen LogP contribution in [0.5, 0.6) is 0 Å². The van der Waals surface area contributed by atoms with Gasteiger partial charge in [0.1, 0.15) is 5.82 Å². The molecule has 1 aromatic heterocycles. The molecule has 148 valence electrons. The van der Waals surface area contributed by atoms with Gasteiger partial charge in [-0.05, 0) is 44.0 Å². The van der Waals surface area contributed by atoms with Gasteiger partial charge in [0.2, 0.25) is 11.7 Å². The second-order valence-electron chi connectivity index (χ2n) is 7.28. The van der Waals surface area contributed by atoms with E-state index in [9.17, 15) is 9.59 Å². The average Bonchev–Trinajstić information content (AvgIpc) is 3.41. The summed E-state index contributed by atoms with van der Waals surface area (Å²) in [6.45, 7) is 4.66. The van der Waals surface area contributed by atoms with E-state index in [0.717, 1.165) is 18.5 Å². The summed E-state index contributed by atoms with van der Waals surface area (Å²) in [4.78, 5) is 32.9. The Labute approximate surface area is 168 Å². The molecular formula is C19H23ClN6O2. The van der Waals surface area contributed by atoms with Gasteiger partial charge >= 0.3 is 0 Å². The number of amides is 2. The SMILES string of the molecule is Cc1nc(C(=O)N2CCN(CC(=O)NC3CC3)CC2)nn1-c1ccc(Cl)cc1. The monoisotopic (exact) mass is 402 g/mol. The molecule has 0 unspecified atom stereocenters. The molecule has 2 heterocycles. The van der Waals surface area contributed by atoms with E-state index >= 15 is 0 Å². The van der Waals surface area contributed by atoms with Gasteiger partial charge in [-0.3, -0.25) is 14.5 Å². The maximum absolute atomic E-state index is 12.8. The van der Waals surface area contributed by atoms with Crippen LogP contribution >= 0.6 is 11.6 Å². The van der Waals surface area contributed by atoms with E-state index < -0.39 is 0 Å². The van der Waals surface area contributed by atoms with Gasteiger partial charge in [0.05, 0.1) is 12.2 Å². The zero-order valence-electron chi connectivity index (χ0n) is 15.8. The minimum absolute atomic E-state index is 0.0706. The molecule has 1 aliphatic carbocycles. The number of carbonyl (C=O) groups excluding carboxylic acids is 2. The molecule has 0 radical (unpaired) electrons. The fraction of sp³-hybridized carbons (Fsp3) is 0.474. The fourth-order valence-electron chi connectivity index (χ4n) is 3.26. The Morgan fingerprint density at radius 1 is 1.14 bits per heavy atom. The van der Waals surface area contributed by atoms with Crippen molar-refractivity contribution in [2.24, 2.45) is 0 Å². The van der Waals surface area contributed by atoms with Gasteiger partial charge in [0, 0.05) is 37.2 Å². The highest BCUT2D eigenvalue weighted by molar-refractivity contribution is 6.30. The summed E-state index contributed by atoms with van der Waals surface area (Å²) >= 11 is 5.93. The van der Waals surface area contributed by atoms with Crippen LogP contribution in [0.3, 0.4) is 0 Å². The third kappa shape index (κ3) is 4.34. The molecule has 2 aliphatic rings. The first-order chi connectivity index (χ1) is 13.5. The van der Waals surface area contributed by atoms with Crippen LogP contribution in [0.4, 0.5) is 0 Å². The molecule has 28 heavy (non-hydrogen) atoms. The van der Waals surface area contributed by atoms with Crippen molar-refractivity contribution in [2.45, 2.75) is 25.8 Å². The summed E-state index contributed by atoms with van der Waals surface area (Å²) in [5.41, 5.74) is 0.806. The first-order valence-corrected chi connectivity index (χ1v) is 9.88. The molecule has 2 amide bonds. The third-order valence-corrected chi connectivity index (χ3v) is 5.25. The van der Waals surface area contributed by atoms with Gasteiger partial charge in [-0.25, -0.2) is 9.67 Å². The molecule has 1 aliphatic heterocycles. The number of benzene rings is 1. The number of rotatable bonds is 5. The minimum Gasteiger partial charge on any atom is -0.352 e. The number of halogens is 1. The van der Waals surface area contributed by atoms with Crippen molar-refractivity contribution in [3.63, 3.8) is 0 Å². The molecule has 1 saturated carbocycles. The molecule has 0 spiro atoms. The number of piperazine rings is 1. The molecule has 0 bridgehead atoms. The minimum atomic E-state index is -0.183. The Hall–Kier alpha value is -2.45. The summed E-state index contributed by atoms with van der Waals surface area (Å²) in [6.07, 6.45) is 2.17. The predicted molar refractivity (Wildman–Crippen MR) is 105 cm³/mol. The van der Waals surface area contributed by atoms with Gasteiger partial charge in [0.15, 0.2) is 0 Å². The molecule has 1 aromatic carbocycles. The largest absolute Gasteiger partial charge is 0.352 e. The number of hydrogen-bond donors (Lipinski definition) is 1. The van der Waals surface area contributed by atoms with Gasteiger partial charge < -0.3 is 10.2 Å². The lowest BCUT2D eigenvalue weighted by atomic mass is 10.3. The zero-order chi connectivity index (χ0) is 19.7. The van der Waals surface area contributed by atoms with Gasteiger partial charge in [-0.2, -0.15) is 0 Å². The van der Waals surface area contributed by atoms with Crippen LogP contribution in [-0.2, 0) is 4.79 Å². The zero-order valence-corrected chi connectivity index (χ0v) is 16.5. The first kappa shape index (κ1) is 18.9. The highest BCUT2D eigenvalue weighted by Crippen LogP contribution is 2.18. The Morgan fingerprint density at radius 2 is 1.82 bits per heavy atom. The summed E-state index contributed by atoms with van der Waals surface area (Å²) in [5, 5.41) is 8.02. The molecular weight excluding hydrogens is 380 g/mol. The van der Waals surface area contributed by atoms with E-state index in [2.05, 4.69) is 20.3 Å². The van der Waals surface area contributed by atoms with Crippen molar-refractivity contribution in [2.75, 3.05) is 32.7 Å². The topological polar surface area (TPSA) is 83.4 Å². The fourth-order valence-corrected chi connectivity index (χ4v) is 3.39. The van der Waals surface area contributed by atoms with E-state index in [1.165, 1.54) is 0 Å². The van der Waals surface area contributed by atoms with Crippen molar-refractivity contribution in [3.05, 3.63) is 40.9 Å². The molecule has 1 saturated heterocycles. The highest BCUT2D eigenvalue weighted by Gasteiger charge is 2.28. The van der Waals surface area contributed by atoms with Crippen LogP contribution in [0.1, 0.15) is 29.3 Å². The third-order valence-electron chi connectivity index (χ3n) is 5.00. The lowest BCUT2D eigenvalue weighted by Gasteiger charge is -2.33. The Morgan fingerprint density at radius 3 is 2.46 bits per heavy atom. The maximum Gasteiger partial charge on any atom is 0.293 e. The normalized spacial score (nSPS) is 17.6. The van der Waals surface area contributed by atoms with Crippen molar-refractivity contribution >= 4 is 23.4 Å². The number of aryl methyl sites for hydroxylation is 1. The quantitative estimate of drug-likeness (QED) is 0.814. The molecule has 2 aromatic rings.